The molecule has 0 aromatic heterocycles. The number of methoxy groups -OCH3 is 2. The highest BCUT2D eigenvalue weighted by molar-refractivity contribution is 6.04. The molecule has 0 aliphatic carbocycles. The van der Waals surface area contributed by atoms with Gasteiger partial charge in [0.05, 0.1) is 14.2 Å². The molecule has 1 atom stereocenters. The van der Waals surface area contributed by atoms with Crippen LogP contribution in [-0.4, -0.2) is 32.2 Å². The molecule has 0 aliphatic heterocycles. The van der Waals surface area contributed by atoms with E-state index in [1.54, 1.807) is 24.3 Å². The van der Waals surface area contributed by atoms with Gasteiger partial charge >= 0.3 is 5.97 Å². The van der Waals surface area contributed by atoms with Crippen LogP contribution in [0.4, 0.5) is 5.69 Å². The Hall–Kier alpha value is -3.54. The molecule has 3 aromatic carbocycles. The largest absolute Gasteiger partial charge is 0.496 e. The predicted octanol–water partition coefficient (Wildman–Crippen LogP) is 4.04. The van der Waals surface area contributed by atoms with Crippen LogP contribution in [-0.2, 0) is 9.53 Å². The maximum Gasteiger partial charge on any atom is 0.346 e. The van der Waals surface area contributed by atoms with E-state index in [4.69, 9.17) is 14.2 Å². The number of carbonyl (C=O) groups excluding carboxylic acids is 2. The summed E-state index contributed by atoms with van der Waals surface area (Å²) in [4.78, 5) is 25.2. The molecule has 0 bridgehead atoms. The molecule has 6 heteroatoms. The Morgan fingerprint density at radius 1 is 0.857 bits per heavy atom. The number of esters is 1. The highest BCUT2D eigenvalue weighted by atomic mass is 16.6. The van der Waals surface area contributed by atoms with Gasteiger partial charge in [-0.05, 0) is 30.5 Å². The molecule has 28 heavy (non-hydrogen) atoms. The predicted molar refractivity (Wildman–Crippen MR) is 107 cm³/mol. The summed E-state index contributed by atoms with van der Waals surface area (Å²) in [6, 6.07) is 18.3. The summed E-state index contributed by atoms with van der Waals surface area (Å²) in [5, 5.41) is 4.73. The van der Waals surface area contributed by atoms with Crippen molar-refractivity contribution in [2.45, 2.75) is 13.0 Å². The Labute approximate surface area is 163 Å². The number of hydrogen-bond acceptors (Lipinski definition) is 5. The van der Waals surface area contributed by atoms with E-state index in [0.29, 0.717) is 17.2 Å². The fourth-order valence-corrected chi connectivity index (χ4v) is 2.89. The minimum absolute atomic E-state index is 0.136. The van der Waals surface area contributed by atoms with Crippen LogP contribution in [0.15, 0.2) is 60.7 Å². The van der Waals surface area contributed by atoms with Crippen LogP contribution in [0.2, 0.25) is 0 Å². The molecule has 3 rings (SSSR count). The number of amides is 1. The first-order valence-corrected chi connectivity index (χ1v) is 8.75. The van der Waals surface area contributed by atoms with E-state index < -0.39 is 18.0 Å². The van der Waals surface area contributed by atoms with Crippen LogP contribution in [0.5, 0.6) is 11.5 Å². The van der Waals surface area contributed by atoms with Crippen molar-refractivity contribution in [2.24, 2.45) is 0 Å². The van der Waals surface area contributed by atoms with Crippen molar-refractivity contribution in [3.05, 3.63) is 66.2 Å². The number of carbonyl (C=O) groups is 2. The molecule has 0 radical (unpaired) electrons. The average molecular weight is 379 g/mol. The van der Waals surface area contributed by atoms with Crippen LogP contribution in [0, 0.1) is 0 Å². The van der Waals surface area contributed by atoms with Crippen molar-refractivity contribution in [1.29, 1.82) is 0 Å². The van der Waals surface area contributed by atoms with Gasteiger partial charge in [-0.2, -0.15) is 0 Å². The molecule has 1 amide bonds. The molecule has 0 fully saturated rings. The monoisotopic (exact) mass is 379 g/mol. The summed E-state index contributed by atoms with van der Waals surface area (Å²) in [5.74, 6) is -0.509. The van der Waals surface area contributed by atoms with Crippen molar-refractivity contribution < 1.29 is 23.8 Å². The fraction of sp³-hybridized carbons (Fsp3) is 0.182. The van der Waals surface area contributed by atoms with Gasteiger partial charge < -0.3 is 19.5 Å². The van der Waals surface area contributed by atoms with E-state index in [-0.39, 0.29) is 5.56 Å². The topological polar surface area (TPSA) is 73.9 Å². The standard InChI is InChI=1S/C22H21NO5/c1-14(28-22(25)20-18(26-2)12-7-13-19(20)27-3)21(24)23-17-11-6-9-15-8-4-5-10-16(15)17/h4-14H,1-3H3,(H,23,24)/t14-/m1/s1. The van der Waals surface area contributed by atoms with Crippen LogP contribution < -0.4 is 14.8 Å². The lowest BCUT2D eigenvalue weighted by atomic mass is 10.1. The highest BCUT2D eigenvalue weighted by Crippen LogP contribution is 2.29. The average Bonchev–Trinajstić information content (AvgIpc) is 2.73. The second-order valence-electron chi connectivity index (χ2n) is 6.10. The summed E-state index contributed by atoms with van der Waals surface area (Å²) in [6.07, 6.45) is -1.01. The summed E-state index contributed by atoms with van der Waals surface area (Å²) in [5.41, 5.74) is 0.790. The van der Waals surface area contributed by atoms with E-state index in [1.807, 2.05) is 36.4 Å². The Morgan fingerprint density at radius 2 is 1.46 bits per heavy atom. The van der Waals surface area contributed by atoms with Gasteiger partial charge in [0.2, 0.25) is 0 Å². The maximum atomic E-state index is 12.6. The molecule has 144 valence electrons. The second-order valence-corrected chi connectivity index (χ2v) is 6.10. The fourth-order valence-electron chi connectivity index (χ4n) is 2.89. The zero-order chi connectivity index (χ0) is 20.1. The van der Waals surface area contributed by atoms with E-state index >= 15 is 0 Å². The Kier molecular flexibility index (Phi) is 5.79. The zero-order valence-electron chi connectivity index (χ0n) is 15.9. The molecule has 0 aliphatic rings. The molecule has 1 N–H and O–H groups in total. The van der Waals surface area contributed by atoms with Gasteiger partial charge in [-0.1, -0.05) is 42.5 Å². The quantitative estimate of drug-likeness (QED) is 0.654. The lowest BCUT2D eigenvalue weighted by molar-refractivity contribution is -0.123. The van der Waals surface area contributed by atoms with E-state index in [2.05, 4.69) is 5.32 Å². The van der Waals surface area contributed by atoms with Gasteiger partial charge in [0.15, 0.2) is 6.10 Å². The van der Waals surface area contributed by atoms with Gasteiger partial charge in [-0.3, -0.25) is 4.79 Å². The van der Waals surface area contributed by atoms with E-state index in [0.717, 1.165) is 10.8 Å². The third-order valence-corrected chi connectivity index (χ3v) is 4.33. The number of nitrogens with one attached hydrogen (secondary N) is 1. The zero-order valence-corrected chi connectivity index (χ0v) is 15.9. The van der Waals surface area contributed by atoms with Crippen molar-refractivity contribution in [1.82, 2.24) is 0 Å². The summed E-state index contributed by atoms with van der Waals surface area (Å²) in [7, 11) is 2.89. The minimum atomic E-state index is -1.01. The molecule has 0 saturated heterocycles. The third-order valence-electron chi connectivity index (χ3n) is 4.33. The number of hydrogen-bond donors (Lipinski definition) is 1. The Balaban J connectivity index is 1.77. The van der Waals surface area contributed by atoms with Crippen molar-refractivity contribution in [3.63, 3.8) is 0 Å². The van der Waals surface area contributed by atoms with Gasteiger partial charge in [0.1, 0.15) is 17.1 Å². The summed E-state index contributed by atoms with van der Waals surface area (Å²) >= 11 is 0. The molecule has 0 spiro atoms. The molecular formula is C22H21NO5. The minimum Gasteiger partial charge on any atom is -0.496 e. The van der Waals surface area contributed by atoms with Crippen molar-refractivity contribution >= 4 is 28.3 Å². The van der Waals surface area contributed by atoms with Gasteiger partial charge in [-0.15, -0.1) is 0 Å². The molecule has 0 heterocycles. The number of rotatable bonds is 6. The van der Waals surface area contributed by atoms with E-state index in [9.17, 15) is 9.59 Å². The molecule has 0 unspecified atom stereocenters. The Morgan fingerprint density at radius 3 is 2.14 bits per heavy atom. The number of fused-ring (bicyclic) bond motifs is 1. The third kappa shape index (κ3) is 3.91. The molecule has 0 saturated carbocycles. The molecule has 3 aromatic rings. The van der Waals surface area contributed by atoms with Crippen LogP contribution >= 0.6 is 0 Å². The molecule has 6 nitrogen and oxygen atoms in total. The van der Waals surface area contributed by atoms with Crippen molar-refractivity contribution in [2.75, 3.05) is 19.5 Å². The molecular weight excluding hydrogens is 358 g/mol. The van der Waals surface area contributed by atoms with Gasteiger partial charge in [0, 0.05) is 11.1 Å². The first-order chi connectivity index (χ1) is 13.5. The number of ether oxygens (including phenoxy) is 3. The first kappa shape index (κ1) is 19.2. The number of benzene rings is 3. The maximum absolute atomic E-state index is 12.6. The van der Waals surface area contributed by atoms with Crippen LogP contribution in [0.3, 0.4) is 0 Å². The second kappa shape index (κ2) is 8.43. The lowest BCUT2D eigenvalue weighted by Gasteiger charge is -2.17. The van der Waals surface area contributed by atoms with Crippen molar-refractivity contribution in [3.8, 4) is 11.5 Å². The van der Waals surface area contributed by atoms with Crippen LogP contribution in [0.25, 0.3) is 10.8 Å². The lowest BCUT2D eigenvalue weighted by Crippen LogP contribution is -2.30. The van der Waals surface area contributed by atoms with Crippen LogP contribution in [0.1, 0.15) is 17.3 Å². The smallest absolute Gasteiger partial charge is 0.346 e. The van der Waals surface area contributed by atoms with E-state index in [1.165, 1.54) is 21.1 Å². The highest BCUT2D eigenvalue weighted by Gasteiger charge is 2.25. The normalized spacial score (nSPS) is 11.5. The van der Waals surface area contributed by atoms with Gasteiger partial charge in [-0.25, -0.2) is 4.79 Å². The Bertz CT molecular complexity index is 987. The summed E-state index contributed by atoms with van der Waals surface area (Å²) in [6.45, 7) is 1.51. The summed E-state index contributed by atoms with van der Waals surface area (Å²) < 4.78 is 15.8. The first-order valence-electron chi connectivity index (χ1n) is 8.75. The number of anilines is 1. The van der Waals surface area contributed by atoms with Gasteiger partial charge in [0.25, 0.3) is 5.91 Å². The SMILES string of the molecule is COc1cccc(OC)c1C(=O)O[C@H](C)C(=O)Nc1cccc2ccccc12.